The fraction of sp³-hybridized carbons (Fsp3) is 0. The molecule has 0 atom stereocenters. The van der Waals surface area contributed by atoms with Crippen molar-refractivity contribution >= 4 is 193 Å². The summed E-state index contributed by atoms with van der Waals surface area (Å²) in [6.07, 6.45) is 0. The summed E-state index contributed by atoms with van der Waals surface area (Å²) < 4.78 is 15.0. The zero-order valence-electron chi connectivity index (χ0n) is 69.5. The first kappa shape index (κ1) is 72.4. The molecule has 20 aromatic carbocycles. The molecule has 0 N–H and O–H groups in total. The molecule has 1 aliphatic rings. The van der Waals surface area contributed by atoms with Gasteiger partial charge in [0, 0.05) is 128 Å². The summed E-state index contributed by atoms with van der Waals surface area (Å²) in [5, 5.41) is 25.0. The molecule has 29 rings (SSSR count). The van der Waals surface area contributed by atoms with Gasteiger partial charge in [-0.2, -0.15) is 9.97 Å². The Labute approximate surface area is 750 Å². The van der Waals surface area contributed by atoms with Crippen LogP contribution in [0, 0.1) is 0 Å². The quantitative estimate of drug-likeness (QED) is 0.134. The average Bonchev–Trinajstić information content (AvgIpc) is 1.54. The second kappa shape index (κ2) is 28.3. The molecule has 0 radical (unpaired) electrons. The highest BCUT2D eigenvalue weighted by Gasteiger charge is 2.34. The van der Waals surface area contributed by atoms with Gasteiger partial charge in [-0.1, -0.05) is 322 Å². The lowest BCUT2D eigenvalue weighted by atomic mass is 9.93. The summed E-state index contributed by atoms with van der Waals surface area (Å²) in [6, 6.07) is 148. The Morgan fingerprint density at radius 2 is 0.500 bits per heavy atom. The van der Waals surface area contributed by atoms with E-state index < -0.39 is 0 Å². The van der Waals surface area contributed by atoms with Crippen LogP contribution in [0.25, 0.3) is 273 Å². The molecule has 0 spiro atoms. The van der Waals surface area contributed by atoms with Crippen LogP contribution in [-0.4, -0.2) is 48.2 Å². The number of nitrogens with zero attached hydrogens (tertiary/aromatic N) is 10. The van der Waals surface area contributed by atoms with Crippen molar-refractivity contribution in [3.8, 4) is 102 Å². The van der Waals surface area contributed by atoms with Gasteiger partial charge in [-0.15, -0.1) is 22.7 Å². The summed E-state index contributed by atoms with van der Waals surface area (Å²) in [5.41, 5.74) is 22.5. The number of benzene rings is 20. The molecule has 0 saturated heterocycles. The molecule has 0 saturated carbocycles. The van der Waals surface area contributed by atoms with Gasteiger partial charge >= 0.3 is 0 Å². The Morgan fingerprint density at radius 1 is 0.169 bits per heavy atom. The van der Waals surface area contributed by atoms with Crippen LogP contribution in [-0.2, 0) is 0 Å². The third-order valence-corrected chi connectivity index (χ3v) is 29.1. The predicted molar refractivity (Wildman–Crippen MR) is 544 cm³/mol. The van der Waals surface area contributed by atoms with Gasteiger partial charge in [-0.05, 0) is 156 Å². The zero-order chi connectivity index (χ0) is 84.9. The third kappa shape index (κ3) is 10.6. The van der Waals surface area contributed by atoms with E-state index in [0.717, 1.165) is 66.8 Å². The van der Waals surface area contributed by atoms with Crippen molar-refractivity contribution in [3.63, 3.8) is 0 Å². The fourth-order valence-electron chi connectivity index (χ4n) is 21.4. The average molecular weight is 1690 g/mol. The van der Waals surface area contributed by atoms with Crippen LogP contribution >= 0.6 is 22.7 Å². The van der Waals surface area contributed by atoms with Crippen molar-refractivity contribution in [1.29, 1.82) is 0 Å². The van der Waals surface area contributed by atoms with Crippen molar-refractivity contribution in [2.75, 3.05) is 0 Å². The first-order valence-electron chi connectivity index (χ1n) is 44.0. The molecule has 602 valence electrons. The van der Waals surface area contributed by atoms with E-state index >= 15 is 0 Å². The Morgan fingerprint density at radius 3 is 1.00 bits per heavy atom. The minimum absolute atomic E-state index is 0.580. The highest BCUT2D eigenvalue weighted by Crippen LogP contribution is 2.58. The zero-order valence-corrected chi connectivity index (χ0v) is 71.2. The molecule has 130 heavy (non-hydrogen) atoms. The van der Waals surface area contributed by atoms with E-state index in [2.05, 4.69) is 358 Å². The van der Waals surface area contributed by atoms with Gasteiger partial charge in [0.2, 0.25) is 5.95 Å². The maximum Gasteiger partial charge on any atom is 0.238 e. The first-order chi connectivity index (χ1) is 64.5. The number of rotatable bonds is 9. The number of fused-ring (bicyclic) bond motifs is 34. The van der Waals surface area contributed by atoms with E-state index in [0.29, 0.717) is 35.1 Å². The van der Waals surface area contributed by atoms with Crippen LogP contribution in [0.15, 0.2) is 413 Å². The molecular formula is C118H68N10S2. The van der Waals surface area contributed by atoms with Crippen LogP contribution in [0.3, 0.4) is 0 Å². The van der Waals surface area contributed by atoms with Crippen LogP contribution in [0.4, 0.5) is 0 Å². The smallest absolute Gasteiger partial charge is 0.238 e. The van der Waals surface area contributed by atoms with Gasteiger partial charge in [0.15, 0.2) is 29.1 Å². The number of hydrogen-bond donors (Lipinski definition) is 0. The van der Waals surface area contributed by atoms with Gasteiger partial charge in [0.05, 0.1) is 44.1 Å². The Bertz CT molecular complexity index is 9540. The summed E-state index contributed by atoms with van der Waals surface area (Å²) >= 11 is 3.79. The van der Waals surface area contributed by atoms with E-state index in [1.54, 1.807) is 0 Å². The number of aromatic nitrogens is 10. The summed E-state index contributed by atoms with van der Waals surface area (Å²) in [7, 11) is 0. The maximum atomic E-state index is 5.38. The van der Waals surface area contributed by atoms with Gasteiger partial charge in [0.25, 0.3) is 0 Å². The van der Waals surface area contributed by atoms with Crippen LogP contribution in [0.2, 0.25) is 0 Å². The highest BCUT2D eigenvalue weighted by atomic mass is 32.1. The van der Waals surface area contributed by atoms with Gasteiger partial charge < -0.3 is 13.7 Å². The topological polar surface area (TPSA) is 97.1 Å². The van der Waals surface area contributed by atoms with Crippen molar-refractivity contribution in [2.45, 2.75) is 0 Å². The normalized spacial score (nSPS) is 12.2. The largest absolute Gasteiger partial charge is 0.308 e. The van der Waals surface area contributed by atoms with Crippen molar-refractivity contribution in [2.24, 2.45) is 0 Å². The minimum Gasteiger partial charge on any atom is -0.308 e. The molecule has 8 heterocycles. The molecule has 10 nitrogen and oxygen atoms in total. The van der Waals surface area contributed by atoms with Crippen molar-refractivity contribution in [3.05, 3.63) is 413 Å². The van der Waals surface area contributed by atoms with Crippen LogP contribution < -0.4 is 0 Å². The summed E-state index contributed by atoms with van der Waals surface area (Å²) in [4.78, 5) is 31.0. The van der Waals surface area contributed by atoms with Crippen molar-refractivity contribution < 1.29 is 0 Å². The third-order valence-electron chi connectivity index (χ3n) is 26.8. The van der Waals surface area contributed by atoms with Crippen molar-refractivity contribution in [1.82, 2.24) is 48.2 Å². The monoisotopic (exact) mass is 1690 g/mol. The van der Waals surface area contributed by atoms with Gasteiger partial charge in [0.1, 0.15) is 0 Å². The lowest BCUT2D eigenvalue weighted by Gasteiger charge is -2.13. The molecule has 0 unspecified atom stereocenters. The molecule has 0 amide bonds. The molecular weight excluding hydrogens is 1620 g/mol. The molecule has 8 aromatic heterocycles. The Kier molecular flexibility index (Phi) is 15.8. The number of hydrogen-bond acceptors (Lipinski definition) is 8. The van der Waals surface area contributed by atoms with E-state index in [1.807, 2.05) is 95.5 Å². The summed E-state index contributed by atoms with van der Waals surface area (Å²) in [6.45, 7) is 0. The van der Waals surface area contributed by atoms with E-state index in [-0.39, 0.29) is 0 Å². The second-order valence-corrected chi connectivity index (χ2v) is 35.8. The van der Waals surface area contributed by atoms with Gasteiger partial charge in [-0.3, -0.25) is 4.57 Å². The highest BCUT2D eigenvalue weighted by molar-refractivity contribution is 7.27. The fourth-order valence-corrected chi connectivity index (χ4v) is 23.9. The number of para-hydroxylation sites is 4. The molecule has 0 bridgehead atoms. The minimum atomic E-state index is 0.580. The van der Waals surface area contributed by atoms with Crippen LogP contribution in [0.1, 0.15) is 0 Å². The van der Waals surface area contributed by atoms with Gasteiger partial charge in [-0.25, -0.2) is 19.9 Å². The first-order valence-corrected chi connectivity index (χ1v) is 45.6. The second-order valence-electron chi connectivity index (χ2n) is 33.7. The Balaban J connectivity index is 0.000000131. The van der Waals surface area contributed by atoms with E-state index in [1.165, 1.54) is 171 Å². The Hall–Kier alpha value is -16.9. The standard InChI is InChI=1S/C61H35N5S.C57H33N5S/c1-4-17-36(18-5-1)59-62-60(37-19-6-2-7-20-37)64-61(63-59)38-31-33-40(34-32-38)65-48-29-14-12-25-44(48)53-56(65)54-45-26-13-15-30-50(45)67-58(54)55-52-46-28-16-27-43-41-23-10-11-24-42(41)47(51(43)46)35-49(52)66(57(53)55)39-21-8-3-9-22-39;1-4-18-34(19-5-1)55-58-56(35-20-6-2-7-21-35)60-57(59-55)62-46-30-16-14-28-41(46)49-52-51(54-50(53(49)62)42-29-15-17-31-48(42)63-54)45-32-43-39-26-12-10-24-37(39)38-25-11-13-27-40(38)44(43)33-47(45)61(52)36-22-8-3-9-23-36/h1-35H;1-33H. The maximum absolute atomic E-state index is 5.38. The SMILES string of the molecule is c1ccc(-c2nc(-c3ccccc3)nc(-c3ccc(-n4c5ccccc5c5c4c4c6ccccc6sc4c4c6c7cccc8c7c(cc6n(-c6ccccc6)c45)-c4ccccc4-8)cc3)n2)cc1.c1ccc(-c2nc(-c3ccccc3)nc(-n3c4ccccc4c4c5c(c6cc7c8ccccc8c8ccccc8c7cc6n5-c5ccccc5)c5sc6ccccc6c5c43)n2)cc1. The molecule has 1 aliphatic carbocycles. The summed E-state index contributed by atoms with van der Waals surface area (Å²) in [5.74, 6) is 3.76. The predicted octanol–water partition coefficient (Wildman–Crippen LogP) is 31.5. The lowest BCUT2D eigenvalue weighted by molar-refractivity contribution is 0.955. The van der Waals surface area contributed by atoms with E-state index in [4.69, 9.17) is 29.9 Å². The molecule has 28 aromatic rings. The van der Waals surface area contributed by atoms with Crippen LogP contribution in [0.5, 0.6) is 0 Å². The number of thiophene rings is 2. The molecule has 0 fully saturated rings. The molecule has 0 aliphatic heterocycles. The lowest BCUT2D eigenvalue weighted by Crippen LogP contribution is -2.06. The molecule has 12 heteroatoms. The van der Waals surface area contributed by atoms with E-state index in [9.17, 15) is 0 Å².